The summed E-state index contributed by atoms with van der Waals surface area (Å²) in [4.78, 5) is 0. The summed E-state index contributed by atoms with van der Waals surface area (Å²) in [5, 5.41) is 1.49. The highest BCUT2D eigenvalue weighted by Crippen LogP contribution is 2.04. The molecule has 0 radical (unpaired) electrons. The molecule has 0 bridgehead atoms. The molecule has 13 heavy (non-hydrogen) atoms. The Morgan fingerprint density at radius 3 is 2.08 bits per heavy atom. The van der Waals surface area contributed by atoms with Gasteiger partial charge in [0.15, 0.2) is 0 Å². The van der Waals surface area contributed by atoms with Crippen LogP contribution >= 0.6 is 0 Å². The van der Waals surface area contributed by atoms with Crippen LogP contribution in [0.4, 0.5) is 0 Å². The minimum Gasteiger partial charge on any atom is -0.120 e. The lowest BCUT2D eigenvalue weighted by atomic mass is 10.2. The Balaban J connectivity index is 2.89. The fourth-order valence-corrected chi connectivity index (χ4v) is 2.41. The number of benzene rings is 1. The van der Waals surface area contributed by atoms with E-state index in [4.69, 9.17) is 6.42 Å². The van der Waals surface area contributed by atoms with E-state index >= 15 is 0 Å². The van der Waals surface area contributed by atoms with E-state index in [9.17, 15) is 0 Å². The summed E-state index contributed by atoms with van der Waals surface area (Å²) in [7, 11) is -1.13. The van der Waals surface area contributed by atoms with Gasteiger partial charge in [-0.2, -0.15) is 0 Å². The molecule has 0 saturated carbocycles. The Hall–Kier alpha value is -1.00. The highest BCUT2D eigenvalue weighted by Gasteiger charge is 2.15. The molecule has 0 aliphatic rings. The van der Waals surface area contributed by atoms with E-state index in [2.05, 4.69) is 49.8 Å². The minimum absolute atomic E-state index is 0.742. The molecule has 68 valence electrons. The maximum Gasteiger partial charge on any atom is 0.0775 e. The summed E-state index contributed by atoms with van der Waals surface area (Å²) in [5.41, 5.74) is 1.24. The molecule has 0 heterocycles. The van der Waals surface area contributed by atoms with Crippen LogP contribution in [0, 0.1) is 12.3 Å². The van der Waals surface area contributed by atoms with Gasteiger partial charge in [-0.05, 0) is 5.56 Å². The second-order valence-electron chi connectivity index (χ2n) is 4.33. The zero-order chi connectivity index (χ0) is 9.90. The molecular formula is C12H16Si. The molecule has 0 fully saturated rings. The second-order valence-corrected chi connectivity index (χ2v) is 9.41. The van der Waals surface area contributed by atoms with Crippen molar-refractivity contribution in [2.45, 2.75) is 26.1 Å². The van der Waals surface area contributed by atoms with E-state index in [-0.39, 0.29) is 0 Å². The molecule has 0 aliphatic heterocycles. The Morgan fingerprint density at radius 2 is 1.69 bits per heavy atom. The fraction of sp³-hybridized carbons (Fsp3) is 0.333. The highest BCUT2D eigenvalue weighted by molar-refractivity contribution is 6.88. The van der Waals surface area contributed by atoms with E-state index < -0.39 is 8.07 Å². The molecule has 1 heteroatoms. The fourth-order valence-electron chi connectivity index (χ4n) is 1.24. The van der Waals surface area contributed by atoms with E-state index in [1.54, 1.807) is 0 Å². The molecule has 0 atom stereocenters. The van der Waals surface area contributed by atoms with E-state index in [1.807, 2.05) is 0 Å². The minimum atomic E-state index is -1.13. The molecule has 0 saturated heterocycles. The van der Waals surface area contributed by atoms with Gasteiger partial charge < -0.3 is 0 Å². The third-order valence-corrected chi connectivity index (χ3v) is 4.19. The van der Waals surface area contributed by atoms with Crippen LogP contribution in [0.1, 0.15) is 5.56 Å². The number of rotatable bonds is 2. The van der Waals surface area contributed by atoms with Gasteiger partial charge in [0.1, 0.15) is 0 Å². The van der Waals surface area contributed by atoms with Crippen LogP contribution < -0.4 is 5.19 Å². The first kappa shape index (κ1) is 10.1. The van der Waals surface area contributed by atoms with Crippen LogP contribution in [0.25, 0.3) is 0 Å². The molecule has 0 aliphatic carbocycles. The Morgan fingerprint density at radius 1 is 1.15 bits per heavy atom. The van der Waals surface area contributed by atoms with Crippen molar-refractivity contribution in [1.29, 1.82) is 0 Å². The number of terminal acetylenes is 1. The van der Waals surface area contributed by atoms with Crippen molar-refractivity contribution < 1.29 is 0 Å². The lowest BCUT2D eigenvalue weighted by molar-refractivity contribution is 1.33. The third-order valence-electron chi connectivity index (χ3n) is 2.13. The average Bonchev–Trinajstić information content (AvgIpc) is 2.04. The van der Waals surface area contributed by atoms with Crippen molar-refractivity contribution in [2.24, 2.45) is 0 Å². The van der Waals surface area contributed by atoms with Gasteiger partial charge in [0.2, 0.25) is 0 Å². The average molecular weight is 188 g/mol. The lowest BCUT2D eigenvalue weighted by Gasteiger charge is -2.16. The first-order valence-corrected chi connectivity index (χ1v) is 8.07. The number of hydrogen-bond donors (Lipinski definition) is 0. The van der Waals surface area contributed by atoms with E-state index in [0.29, 0.717) is 0 Å². The molecule has 1 aromatic rings. The third kappa shape index (κ3) is 2.75. The van der Waals surface area contributed by atoms with Gasteiger partial charge in [-0.25, -0.2) is 0 Å². The van der Waals surface area contributed by atoms with Gasteiger partial charge in [0.25, 0.3) is 0 Å². The van der Waals surface area contributed by atoms with Crippen LogP contribution in [-0.2, 0) is 6.42 Å². The summed E-state index contributed by atoms with van der Waals surface area (Å²) in [6.45, 7) is 7.05. The zero-order valence-electron chi connectivity index (χ0n) is 8.59. The van der Waals surface area contributed by atoms with Gasteiger partial charge in [-0.3, -0.25) is 0 Å². The Bertz CT molecular complexity index is 308. The normalized spacial score (nSPS) is 10.9. The summed E-state index contributed by atoms with van der Waals surface area (Å²) < 4.78 is 0. The van der Waals surface area contributed by atoms with Crippen molar-refractivity contribution in [3.05, 3.63) is 29.8 Å². The lowest BCUT2D eigenvalue weighted by Crippen LogP contribution is -2.37. The van der Waals surface area contributed by atoms with Crippen LogP contribution in [0.5, 0.6) is 0 Å². The monoisotopic (exact) mass is 188 g/mol. The number of hydrogen-bond acceptors (Lipinski definition) is 0. The summed E-state index contributed by atoms with van der Waals surface area (Å²) >= 11 is 0. The van der Waals surface area contributed by atoms with Crippen molar-refractivity contribution in [3.63, 3.8) is 0 Å². The van der Waals surface area contributed by atoms with E-state index in [1.165, 1.54) is 10.8 Å². The molecule has 1 aromatic carbocycles. The van der Waals surface area contributed by atoms with Crippen LogP contribution in [0.3, 0.4) is 0 Å². The Kier molecular flexibility index (Phi) is 2.95. The van der Waals surface area contributed by atoms with Crippen molar-refractivity contribution >= 4 is 13.3 Å². The molecule has 0 spiro atoms. The van der Waals surface area contributed by atoms with Gasteiger partial charge in [-0.15, -0.1) is 12.3 Å². The van der Waals surface area contributed by atoms with Crippen LogP contribution in [0.2, 0.25) is 19.6 Å². The van der Waals surface area contributed by atoms with Crippen molar-refractivity contribution in [3.8, 4) is 12.3 Å². The molecule has 1 rings (SSSR count). The van der Waals surface area contributed by atoms with Crippen molar-refractivity contribution in [1.82, 2.24) is 0 Å². The molecule has 0 amide bonds. The quantitative estimate of drug-likeness (QED) is 0.494. The van der Waals surface area contributed by atoms with Gasteiger partial charge in [0, 0.05) is 6.42 Å². The summed E-state index contributed by atoms with van der Waals surface area (Å²) in [6.07, 6.45) is 5.99. The largest absolute Gasteiger partial charge is 0.120 e. The van der Waals surface area contributed by atoms with Gasteiger partial charge in [0.05, 0.1) is 8.07 Å². The first-order chi connectivity index (χ1) is 6.04. The molecule has 0 nitrogen and oxygen atoms in total. The Labute approximate surface area is 82.0 Å². The summed E-state index contributed by atoms with van der Waals surface area (Å²) in [5.74, 6) is 2.65. The predicted octanol–water partition coefficient (Wildman–Crippen LogP) is 2.41. The van der Waals surface area contributed by atoms with Gasteiger partial charge in [-0.1, -0.05) is 49.1 Å². The van der Waals surface area contributed by atoms with Gasteiger partial charge >= 0.3 is 0 Å². The van der Waals surface area contributed by atoms with E-state index in [0.717, 1.165) is 6.42 Å². The second kappa shape index (κ2) is 3.80. The molecule has 0 aromatic heterocycles. The maximum absolute atomic E-state index is 5.24. The first-order valence-electron chi connectivity index (χ1n) is 4.57. The molecular weight excluding hydrogens is 172 g/mol. The maximum atomic E-state index is 5.24. The highest BCUT2D eigenvalue weighted by atomic mass is 28.3. The van der Waals surface area contributed by atoms with Crippen molar-refractivity contribution in [2.75, 3.05) is 0 Å². The SMILES string of the molecule is C#CCc1ccc([Si](C)(C)C)cc1. The van der Waals surface area contributed by atoms with Crippen LogP contribution in [0.15, 0.2) is 24.3 Å². The standard InChI is InChI=1S/C12H16Si/c1-5-6-11-7-9-12(10-8-11)13(2,3)4/h1,7-10H,6H2,2-4H3. The topological polar surface area (TPSA) is 0 Å². The smallest absolute Gasteiger partial charge is 0.0775 e. The van der Waals surface area contributed by atoms with Crippen LogP contribution in [-0.4, -0.2) is 8.07 Å². The molecule has 0 unspecified atom stereocenters. The predicted molar refractivity (Wildman–Crippen MR) is 62.0 cm³/mol. The molecule has 0 N–H and O–H groups in total. The summed E-state index contributed by atoms with van der Waals surface area (Å²) in [6, 6.07) is 8.73. The zero-order valence-corrected chi connectivity index (χ0v) is 9.59.